The summed E-state index contributed by atoms with van der Waals surface area (Å²) in [5, 5.41) is 0.274. The molecule has 0 spiro atoms. The van der Waals surface area contributed by atoms with Crippen LogP contribution in [0.3, 0.4) is 0 Å². The van der Waals surface area contributed by atoms with Crippen LogP contribution in [-0.2, 0) is 10.8 Å². The number of fused-ring (bicyclic) bond motifs is 2. The van der Waals surface area contributed by atoms with Crippen LogP contribution in [0.5, 0.6) is 0 Å². The molecule has 0 saturated heterocycles. The second-order valence-corrected chi connectivity index (χ2v) is 10.7. The maximum Gasteiger partial charge on any atom is 0.254 e. The predicted molar refractivity (Wildman–Crippen MR) is 74.3 cm³/mol. The van der Waals surface area contributed by atoms with Crippen LogP contribution in [0, 0.1) is 0 Å². The van der Waals surface area contributed by atoms with Gasteiger partial charge in [0.1, 0.15) is 5.76 Å². The Morgan fingerprint density at radius 3 is 2.59 bits per heavy atom. The van der Waals surface area contributed by atoms with Gasteiger partial charge in [0.25, 0.3) is 8.32 Å². The average molecular weight is 244 g/mol. The van der Waals surface area contributed by atoms with Crippen molar-refractivity contribution >= 4 is 14.1 Å². The fourth-order valence-corrected chi connectivity index (χ4v) is 4.92. The lowest BCUT2D eigenvalue weighted by Gasteiger charge is -2.32. The lowest BCUT2D eigenvalue weighted by Crippen LogP contribution is -2.37. The van der Waals surface area contributed by atoms with Gasteiger partial charge in [0.05, 0.1) is 0 Å². The van der Waals surface area contributed by atoms with Crippen molar-refractivity contribution in [2.24, 2.45) is 0 Å². The van der Waals surface area contributed by atoms with Gasteiger partial charge in [-0.3, -0.25) is 0 Å². The van der Waals surface area contributed by atoms with Crippen LogP contribution < -0.4 is 0 Å². The molecule has 0 fully saturated rings. The van der Waals surface area contributed by atoms with E-state index >= 15 is 0 Å². The number of rotatable bonds is 0. The van der Waals surface area contributed by atoms with Gasteiger partial charge in [-0.15, -0.1) is 0 Å². The van der Waals surface area contributed by atoms with Crippen LogP contribution in [0.15, 0.2) is 29.8 Å². The minimum absolute atomic E-state index is 0.274. The predicted octanol–water partition coefficient (Wildman–Crippen LogP) is 4.36. The summed E-state index contributed by atoms with van der Waals surface area (Å²) in [6.07, 6.45) is 2.35. The summed E-state index contributed by atoms with van der Waals surface area (Å²) in [4.78, 5) is 0. The van der Waals surface area contributed by atoms with Crippen molar-refractivity contribution in [2.45, 2.75) is 44.8 Å². The number of allylic oxidation sites excluding steroid dienone is 1. The summed E-state index contributed by atoms with van der Waals surface area (Å²) in [6.45, 7) is 9.42. The lowest BCUT2D eigenvalue weighted by atomic mass is 9.85. The van der Waals surface area contributed by atoms with E-state index in [1.165, 1.54) is 29.7 Å². The van der Waals surface area contributed by atoms with Crippen molar-refractivity contribution in [3.63, 3.8) is 0 Å². The third-order valence-electron chi connectivity index (χ3n) is 4.80. The largest absolute Gasteiger partial charge is 0.543 e. The molecule has 0 unspecified atom stereocenters. The zero-order valence-electron chi connectivity index (χ0n) is 11.1. The number of hydrogen-bond donors (Lipinski definition) is 0. The molecule has 1 aliphatic heterocycles. The third kappa shape index (κ3) is 1.37. The third-order valence-corrected chi connectivity index (χ3v) is 8.82. The molecule has 0 radical (unpaired) electrons. The van der Waals surface area contributed by atoms with Crippen LogP contribution in [-0.4, -0.2) is 8.32 Å². The highest BCUT2D eigenvalue weighted by atomic mass is 28.4. The van der Waals surface area contributed by atoms with Gasteiger partial charge in [0.15, 0.2) is 0 Å². The van der Waals surface area contributed by atoms with E-state index in [2.05, 4.69) is 51.2 Å². The summed E-state index contributed by atoms with van der Waals surface area (Å²) >= 11 is 0. The Balaban J connectivity index is 2.19. The van der Waals surface area contributed by atoms with E-state index in [-0.39, 0.29) is 5.04 Å². The molecule has 2 heteroatoms. The molecule has 1 aromatic rings. The molecule has 0 amide bonds. The molecule has 0 saturated carbocycles. The maximum absolute atomic E-state index is 6.41. The zero-order chi connectivity index (χ0) is 12.3. The van der Waals surface area contributed by atoms with E-state index in [1.807, 2.05) is 0 Å². The van der Waals surface area contributed by atoms with Crippen molar-refractivity contribution in [1.82, 2.24) is 0 Å². The summed E-state index contributed by atoms with van der Waals surface area (Å²) in [5.41, 5.74) is 4.36. The summed E-state index contributed by atoms with van der Waals surface area (Å²) in [5.74, 6) is 1.22. The minimum atomic E-state index is -1.64. The quantitative estimate of drug-likeness (QED) is 0.616. The molecule has 1 nitrogen and oxygen atoms in total. The van der Waals surface area contributed by atoms with E-state index in [4.69, 9.17) is 4.43 Å². The van der Waals surface area contributed by atoms with Gasteiger partial charge in [0.2, 0.25) is 0 Å². The Morgan fingerprint density at radius 1 is 1.12 bits per heavy atom. The molecule has 0 atom stereocenters. The summed E-state index contributed by atoms with van der Waals surface area (Å²) in [6, 6.07) is 8.71. The maximum atomic E-state index is 6.41. The Bertz CT molecular complexity index is 511. The second-order valence-electron chi connectivity index (χ2n) is 6.20. The smallest absolute Gasteiger partial charge is 0.254 e. The van der Waals surface area contributed by atoms with Gasteiger partial charge >= 0.3 is 0 Å². The Hall–Kier alpha value is -1.02. The zero-order valence-corrected chi connectivity index (χ0v) is 12.1. The van der Waals surface area contributed by atoms with Crippen LogP contribution in [0.1, 0.15) is 31.4 Å². The van der Waals surface area contributed by atoms with Gasteiger partial charge in [-0.05, 0) is 37.1 Å². The molecular weight excluding hydrogens is 224 g/mol. The second kappa shape index (κ2) is 3.26. The van der Waals surface area contributed by atoms with Gasteiger partial charge in [-0.25, -0.2) is 0 Å². The van der Waals surface area contributed by atoms with Crippen molar-refractivity contribution in [2.75, 3.05) is 0 Å². The molecule has 2 aliphatic rings. The first-order valence-electron chi connectivity index (χ1n) is 6.44. The van der Waals surface area contributed by atoms with Crippen LogP contribution >= 0.6 is 0 Å². The highest BCUT2D eigenvalue weighted by Gasteiger charge is 2.52. The van der Waals surface area contributed by atoms with Gasteiger partial charge in [-0.2, -0.15) is 0 Å². The molecule has 17 heavy (non-hydrogen) atoms. The van der Waals surface area contributed by atoms with Crippen molar-refractivity contribution < 1.29 is 4.43 Å². The standard InChI is InChI=1S/C15H20OSi/c1-15(2)13-10-9-11-7-5-6-8-12(11)14(13)16-17(15,3)4/h5-8H,9-10H2,1-4H3. The van der Waals surface area contributed by atoms with E-state index in [0.717, 1.165) is 0 Å². The fraction of sp³-hybridized carbons (Fsp3) is 0.467. The number of benzene rings is 1. The Kier molecular flexibility index (Phi) is 2.12. The van der Waals surface area contributed by atoms with Crippen LogP contribution in [0.2, 0.25) is 18.1 Å². The van der Waals surface area contributed by atoms with Gasteiger partial charge in [0, 0.05) is 10.6 Å². The first-order valence-corrected chi connectivity index (χ1v) is 9.35. The molecule has 1 heterocycles. The van der Waals surface area contributed by atoms with E-state index in [9.17, 15) is 0 Å². The average Bonchev–Trinajstić information content (AvgIpc) is 2.46. The molecule has 1 aliphatic carbocycles. The summed E-state index contributed by atoms with van der Waals surface area (Å²) < 4.78 is 6.41. The van der Waals surface area contributed by atoms with Gasteiger partial charge in [-0.1, -0.05) is 38.1 Å². The normalized spacial score (nSPS) is 24.0. The Labute approximate surface area is 105 Å². The topological polar surface area (TPSA) is 9.23 Å². The van der Waals surface area contributed by atoms with E-state index in [0.29, 0.717) is 0 Å². The fourth-order valence-electron chi connectivity index (χ4n) is 2.95. The van der Waals surface area contributed by atoms with Crippen molar-refractivity contribution in [3.05, 3.63) is 41.0 Å². The first-order chi connectivity index (χ1) is 7.93. The summed E-state index contributed by atoms with van der Waals surface area (Å²) in [7, 11) is -1.64. The molecule has 3 rings (SSSR count). The van der Waals surface area contributed by atoms with Crippen LogP contribution in [0.25, 0.3) is 5.76 Å². The highest BCUT2D eigenvalue weighted by molar-refractivity contribution is 6.77. The molecule has 1 aromatic carbocycles. The molecule has 0 N–H and O–H groups in total. The van der Waals surface area contributed by atoms with Gasteiger partial charge < -0.3 is 4.43 Å². The number of hydrogen-bond acceptors (Lipinski definition) is 1. The number of aryl methyl sites for hydroxylation is 1. The lowest BCUT2D eigenvalue weighted by molar-refractivity contribution is 0.504. The molecule has 0 bridgehead atoms. The Morgan fingerprint density at radius 2 is 1.82 bits per heavy atom. The van der Waals surface area contributed by atoms with Crippen molar-refractivity contribution in [3.8, 4) is 0 Å². The monoisotopic (exact) mass is 244 g/mol. The molecule has 90 valence electrons. The van der Waals surface area contributed by atoms with Crippen molar-refractivity contribution in [1.29, 1.82) is 0 Å². The SMILES string of the molecule is CC1(C)C2=C(O[Si]1(C)C)c1ccccc1CC2. The van der Waals surface area contributed by atoms with Crippen LogP contribution in [0.4, 0.5) is 0 Å². The van der Waals surface area contributed by atoms with E-state index < -0.39 is 8.32 Å². The highest BCUT2D eigenvalue weighted by Crippen LogP contribution is 2.57. The van der Waals surface area contributed by atoms with E-state index in [1.54, 1.807) is 5.57 Å². The molecular formula is C15H20OSi. The molecule has 0 aromatic heterocycles. The first kappa shape index (κ1) is 11.1. The minimum Gasteiger partial charge on any atom is -0.543 e.